The van der Waals surface area contributed by atoms with E-state index in [9.17, 15) is 4.79 Å². The van der Waals surface area contributed by atoms with Gasteiger partial charge in [0.25, 0.3) is 0 Å². The molecule has 0 bridgehead atoms. The number of aromatic carboxylic acids is 1. The van der Waals surface area contributed by atoms with Gasteiger partial charge >= 0.3 is 5.97 Å². The molecular formula is C12H8N2O3. The van der Waals surface area contributed by atoms with Gasteiger partial charge in [-0.2, -0.15) is 5.26 Å². The molecule has 0 fully saturated rings. The highest BCUT2D eigenvalue weighted by Gasteiger charge is 2.16. The Labute approximate surface area is 96.9 Å². The fourth-order valence-corrected chi connectivity index (χ4v) is 1.44. The second kappa shape index (κ2) is 4.10. The first kappa shape index (κ1) is 10.9. The third-order valence-electron chi connectivity index (χ3n) is 2.24. The van der Waals surface area contributed by atoms with Crippen molar-refractivity contribution in [2.24, 2.45) is 0 Å². The lowest BCUT2D eigenvalue weighted by Crippen LogP contribution is -1.98. The molecule has 2 aromatic rings. The normalized spacial score (nSPS) is 9.88. The summed E-state index contributed by atoms with van der Waals surface area (Å²) in [6, 6.07) is 8.63. The third kappa shape index (κ3) is 2.01. The molecule has 84 valence electrons. The molecule has 0 aliphatic carbocycles. The van der Waals surface area contributed by atoms with Crippen molar-refractivity contribution in [3.05, 3.63) is 41.3 Å². The van der Waals surface area contributed by atoms with Crippen molar-refractivity contribution in [3.63, 3.8) is 0 Å². The largest absolute Gasteiger partial charge is 0.476 e. The Morgan fingerprint density at radius 3 is 2.88 bits per heavy atom. The van der Waals surface area contributed by atoms with Gasteiger partial charge in [0.15, 0.2) is 5.69 Å². The van der Waals surface area contributed by atoms with Crippen LogP contribution in [0.15, 0.2) is 28.7 Å². The van der Waals surface area contributed by atoms with Crippen LogP contribution in [0.5, 0.6) is 0 Å². The van der Waals surface area contributed by atoms with Crippen LogP contribution in [0, 0.1) is 18.3 Å². The van der Waals surface area contributed by atoms with Crippen molar-refractivity contribution in [3.8, 4) is 17.5 Å². The van der Waals surface area contributed by atoms with Crippen molar-refractivity contribution in [2.45, 2.75) is 6.92 Å². The summed E-state index contributed by atoms with van der Waals surface area (Å²) in [5.74, 6) is -0.680. The minimum atomic E-state index is -1.13. The molecule has 0 amide bonds. The van der Waals surface area contributed by atoms with Crippen molar-refractivity contribution in [2.75, 3.05) is 0 Å². The van der Waals surface area contributed by atoms with Crippen LogP contribution in [-0.2, 0) is 0 Å². The molecule has 1 aromatic carbocycles. The number of carboxylic acid groups (broad SMARTS) is 1. The van der Waals surface area contributed by atoms with Gasteiger partial charge < -0.3 is 9.52 Å². The van der Waals surface area contributed by atoms with Gasteiger partial charge in [-0.05, 0) is 25.1 Å². The summed E-state index contributed by atoms with van der Waals surface area (Å²) in [5, 5.41) is 17.6. The Hall–Kier alpha value is -2.61. The van der Waals surface area contributed by atoms with Gasteiger partial charge in [-0.15, -0.1) is 0 Å². The van der Waals surface area contributed by atoms with E-state index in [4.69, 9.17) is 14.8 Å². The van der Waals surface area contributed by atoms with Gasteiger partial charge in [0, 0.05) is 5.56 Å². The van der Waals surface area contributed by atoms with E-state index in [1.165, 1.54) is 6.92 Å². The van der Waals surface area contributed by atoms with Crippen LogP contribution in [0.1, 0.15) is 21.8 Å². The first-order valence-electron chi connectivity index (χ1n) is 4.83. The number of carbonyl (C=O) groups is 1. The van der Waals surface area contributed by atoms with Gasteiger partial charge in [-0.1, -0.05) is 6.07 Å². The minimum Gasteiger partial charge on any atom is -0.476 e. The van der Waals surface area contributed by atoms with Crippen molar-refractivity contribution in [1.29, 1.82) is 5.26 Å². The molecule has 5 heteroatoms. The summed E-state index contributed by atoms with van der Waals surface area (Å²) in [6.07, 6.45) is 0. The van der Waals surface area contributed by atoms with Crippen LogP contribution in [-0.4, -0.2) is 16.1 Å². The molecule has 0 saturated heterocycles. The van der Waals surface area contributed by atoms with Crippen molar-refractivity contribution in [1.82, 2.24) is 4.98 Å². The van der Waals surface area contributed by atoms with Crippen LogP contribution in [0.25, 0.3) is 11.5 Å². The first-order chi connectivity index (χ1) is 8.11. The molecule has 0 atom stereocenters. The number of nitrogens with zero attached hydrogens (tertiary/aromatic N) is 2. The summed E-state index contributed by atoms with van der Waals surface area (Å²) < 4.78 is 5.26. The Kier molecular flexibility index (Phi) is 2.63. The Bertz CT molecular complexity index is 623. The van der Waals surface area contributed by atoms with E-state index >= 15 is 0 Å². The highest BCUT2D eigenvalue weighted by molar-refractivity contribution is 5.87. The fourth-order valence-electron chi connectivity index (χ4n) is 1.44. The van der Waals surface area contributed by atoms with Crippen molar-refractivity contribution < 1.29 is 14.3 Å². The number of oxazole rings is 1. The minimum absolute atomic E-state index is 0.109. The zero-order valence-electron chi connectivity index (χ0n) is 8.97. The van der Waals surface area contributed by atoms with Crippen molar-refractivity contribution >= 4 is 5.97 Å². The topological polar surface area (TPSA) is 87.1 Å². The zero-order chi connectivity index (χ0) is 12.4. The van der Waals surface area contributed by atoms with E-state index < -0.39 is 5.97 Å². The molecule has 1 N–H and O–H groups in total. The maximum Gasteiger partial charge on any atom is 0.358 e. The predicted octanol–water partition coefficient (Wildman–Crippen LogP) is 2.22. The average Bonchev–Trinajstić information content (AvgIpc) is 2.71. The smallest absolute Gasteiger partial charge is 0.358 e. The Morgan fingerprint density at radius 2 is 2.29 bits per heavy atom. The molecule has 2 rings (SSSR count). The molecule has 0 radical (unpaired) electrons. The average molecular weight is 228 g/mol. The third-order valence-corrected chi connectivity index (χ3v) is 2.24. The zero-order valence-corrected chi connectivity index (χ0v) is 8.97. The lowest BCUT2D eigenvalue weighted by molar-refractivity contribution is 0.0689. The molecule has 0 spiro atoms. The van der Waals surface area contributed by atoms with Gasteiger partial charge in [0.05, 0.1) is 11.6 Å². The summed E-state index contributed by atoms with van der Waals surface area (Å²) in [4.78, 5) is 14.7. The first-order valence-corrected chi connectivity index (χ1v) is 4.83. The van der Waals surface area contributed by atoms with E-state index in [2.05, 4.69) is 4.98 Å². The Balaban J connectivity index is 2.50. The summed E-state index contributed by atoms with van der Waals surface area (Å²) in [6.45, 7) is 1.54. The molecule has 0 aliphatic rings. The van der Waals surface area contributed by atoms with E-state index in [0.29, 0.717) is 11.1 Å². The van der Waals surface area contributed by atoms with E-state index in [0.717, 1.165) is 0 Å². The van der Waals surface area contributed by atoms with E-state index in [-0.39, 0.29) is 17.3 Å². The molecule has 1 aromatic heterocycles. The molecule has 1 heterocycles. The van der Waals surface area contributed by atoms with Crippen LogP contribution in [0.2, 0.25) is 0 Å². The molecular weight excluding hydrogens is 220 g/mol. The second-order valence-electron chi connectivity index (χ2n) is 3.42. The molecule has 0 unspecified atom stereocenters. The van der Waals surface area contributed by atoms with Crippen LogP contribution >= 0.6 is 0 Å². The number of benzene rings is 1. The molecule has 17 heavy (non-hydrogen) atoms. The van der Waals surface area contributed by atoms with Gasteiger partial charge in [-0.25, -0.2) is 9.78 Å². The SMILES string of the molecule is Cc1oc(-c2cccc(C#N)c2)nc1C(=O)O. The van der Waals surface area contributed by atoms with E-state index in [1.807, 2.05) is 6.07 Å². The number of hydrogen-bond donors (Lipinski definition) is 1. The maximum absolute atomic E-state index is 10.8. The van der Waals surface area contributed by atoms with Gasteiger partial charge in [-0.3, -0.25) is 0 Å². The lowest BCUT2D eigenvalue weighted by atomic mass is 10.1. The van der Waals surface area contributed by atoms with Gasteiger partial charge in [0.1, 0.15) is 5.76 Å². The quantitative estimate of drug-likeness (QED) is 0.851. The maximum atomic E-state index is 10.8. The summed E-state index contributed by atoms with van der Waals surface area (Å²) >= 11 is 0. The highest BCUT2D eigenvalue weighted by Crippen LogP contribution is 2.22. The number of rotatable bonds is 2. The van der Waals surface area contributed by atoms with Crippen LogP contribution < -0.4 is 0 Å². The van der Waals surface area contributed by atoms with Crippen LogP contribution in [0.4, 0.5) is 0 Å². The summed E-state index contributed by atoms with van der Waals surface area (Å²) in [5.41, 5.74) is 0.942. The number of carboxylic acids is 1. The number of aromatic nitrogens is 1. The Morgan fingerprint density at radius 1 is 1.53 bits per heavy atom. The number of aryl methyl sites for hydroxylation is 1. The molecule has 0 saturated carbocycles. The van der Waals surface area contributed by atoms with Crippen LogP contribution in [0.3, 0.4) is 0 Å². The molecule has 0 aliphatic heterocycles. The van der Waals surface area contributed by atoms with E-state index in [1.54, 1.807) is 24.3 Å². The highest BCUT2D eigenvalue weighted by atomic mass is 16.4. The molecule has 5 nitrogen and oxygen atoms in total. The number of hydrogen-bond acceptors (Lipinski definition) is 4. The predicted molar refractivity (Wildman–Crippen MR) is 58.4 cm³/mol. The monoisotopic (exact) mass is 228 g/mol. The lowest BCUT2D eigenvalue weighted by Gasteiger charge is -1.94. The standard InChI is InChI=1S/C12H8N2O3/c1-7-10(12(15)16)14-11(17-7)9-4-2-3-8(5-9)6-13/h2-5H,1H3,(H,15,16). The fraction of sp³-hybridized carbons (Fsp3) is 0.0833. The number of nitriles is 1. The second-order valence-corrected chi connectivity index (χ2v) is 3.42. The summed E-state index contributed by atoms with van der Waals surface area (Å²) in [7, 11) is 0. The van der Waals surface area contributed by atoms with Gasteiger partial charge in [0.2, 0.25) is 5.89 Å².